The highest BCUT2D eigenvalue weighted by Crippen LogP contribution is 2.42. The number of Topliss-reactive ketones (excluding diaryl/α,β-unsaturated/α-hetero) is 2. The summed E-state index contributed by atoms with van der Waals surface area (Å²) in [5.41, 5.74) is 11.0. The van der Waals surface area contributed by atoms with Gasteiger partial charge >= 0.3 is 31.5 Å². The van der Waals surface area contributed by atoms with E-state index in [0.717, 1.165) is 110 Å². The lowest BCUT2D eigenvalue weighted by Gasteiger charge is -2.32. The zero-order valence-electron chi connectivity index (χ0n) is 76.2. The van der Waals surface area contributed by atoms with Crippen LogP contribution < -0.4 is 26.7 Å². The Balaban J connectivity index is 0.000000158. The number of halogens is 3. The fourth-order valence-corrected chi connectivity index (χ4v) is 17.8. The standard InChI is InChI=1S/C30H39BN4O5.C23H28BrN3O5.2C21H24BrN3O4/c1-18(2)25(34-28(37)38-7)27(36)35-14-8-9-24(35)26-32-17-23(33-26)21-11-10-20-16-22(13-12-19(20)15-21)31-39-29(3,4)30(5,6)40-31;1-14(2)20(26-22(29)30-3)21(28)27-13-23(31-8-9-32-23)11-19(27)18-10-16(12-25-18)15-4-6-17(24)7-5-15;2*1-12(2)19(24-21(28)29-3)20(27)25-11-16(26)9-18(25)17-8-14(10-23-17)13-4-6-15(22)7-5-13/h10-13,15-18,24-25H,8-9,14H2,1-7H3,(H,32,33)(H,34,37);4-7,12,14,19-20H,8-11,13H2,1-3H3,(H,26,29);2*4-7,10,12,18-19H,8-9,11H2,1-3H3,(H,24,28)/t24-,25-;19-,20-;2*18-,19-/m0000/s1. The third kappa shape index (κ3) is 23.3. The van der Waals surface area contributed by atoms with Crippen molar-refractivity contribution < 1.29 is 85.7 Å². The second kappa shape index (κ2) is 42.8. The van der Waals surface area contributed by atoms with E-state index < -0.39 is 61.4 Å². The number of amides is 8. The summed E-state index contributed by atoms with van der Waals surface area (Å²) in [5, 5.41) is 12.7. The summed E-state index contributed by atoms with van der Waals surface area (Å²) >= 11 is 10.3. The number of ether oxygens (including phenoxy) is 6. The average Bonchev–Trinajstić information content (AvgIpc) is 1.59. The molecule has 1 spiro atoms. The number of hydrogen-bond donors (Lipinski definition) is 5. The topological polar surface area (TPSA) is 371 Å². The van der Waals surface area contributed by atoms with E-state index >= 15 is 0 Å². The Bertz CT molecular complexity index is 5250. The molecule has 130 heavy (non-hydrogen) atoms. The van der Waals surface area contributed by atoms with E-state index in [4.69, 9.17) is 33.2 Å². The maximum absolute atomic E-state index is 13.6. The molecule has 6 saturated heterocycles. The third-order valence-electron chi connectivity index (χ3n) is 25.0. The first-order valence-corrected chi connectivity index (χ1v) is 46.1. The van der Waals surface area contributed by atoms with Crippen molar-refractivity contribution in [3.05, 3.63) is 170 Å². The van der Waals surface area contributed by atoms with E-state index in [1.165, 1.54) is 28.4 Å². The van der Waals surface area contributed by atoms with Gasteiger partial charge in [0.25, 0.3) is 0 Å². The van der Waals surface area contributed by atoms with Gasteiger partial charge in [-0.05, 0) is 156 Å². The number of aliphatic imine (C=N–C) groups is 3. The van der Waals surface area contributed by atoms with Gasteiger partial charge in [-0.25, -0.2) is 24.2 Å². The molecular formula is C95H115BBr3N13O18. The van der Waals surface area contributed by atoms with Gasteiger partial charge in [0.05, 0.1) is 109 Å². The molecule has 31 nitrogen and oxygen atoms in total. The summed E-state index contributed by atoms with van der Waals surface area (Å²) in [7, 11) is 4.68. The van der Waals surface area contributed by atoms with Crippen LogP contribution in [0, 0.1) is 23.7 Å². The molecule has 692 valence electrons. The maximum atomic E-state index is 13.6. The molecule has 6 fully saturated rings. The number of likely N-dealkylation sites (tertiary alicyclic amines) is 4. The number of nitrogens with one attached hydrogen (secondary N) is 5. The van der Waals surface area contributed by atoms with E-state index in [0.29, 0.717) is 52.0 Å². The van der Waals surface area contributed by atoms with Gasteiger partial charge in [0.2, 0.25) is 23.6 Å². The molecule has 6 aromatic rings. The molecule has 5 aromatic carbocycles. The summed E-state index contributed by atoms with van der Waals surface area (Å²) in [6.07, 6.45) is 9.21. The van der Waals surface area contributed by atoms with Crippen LogP contribution in [-0.2, 0) is 66.5 Å². The van der Waals surface area contributed by atoms with E-state index in [1.807, 2.05) is 145 Å². The smallest absolute Gasteiger partial charge is 0.453 e. The van der Waals surface area contributed by atoms with Crippen LogP contribution in [0.1, 0.15) is 163 Å². The molecule has 0 radical (unpaired) electrons. The predicted molar refractivity (Wildman–Crippen MR) is 505 cm³/mol. The number of hydrogen-bond acceptors (Lipinski definition) is 22. The SMILES string of the molecule is COC(=O)N[C@H](C(=O)N1CC(=O)C[C@H]1C1=NC=C(c2ccc(Br)cc2)C1)C(C)C.COC(=O)N[C@H](C(=O)N1CC(=O)C[C@H]1C1=NC=C(c2ccc(Br)cc2)C1)C(C)C.COC(=O)N[C@H](C(=O)N1CC2(C[C@H]1C1=NC=C(c3ccc(Br)cc3)C1)OCCO2)C(C)C.COC(=O)N[C@H](C(=O)N1CCC[C@H]1c1ncc(-c2ccc3cc(B4OC(C)(C)C(C)(C)O4)ccc3c2)[nH]1)C(C)C. The molecule has 9 aliphatic heterocycles. The molecule has 9 aliphatic rings. The lowest BCUT2D eigenvalue weighted by Crippen LogP contribution is -2.54. The normalized spacial score (nSPS) is 20.8. The number of allylic oxidation sites excluding steroid dienone is 3. The fourth-order valence-electron chi connectivity index (χ4n) is 17.0. The highest BCUT2D eigenvalue weighted by molar-refractivity contribution is 9.11. The van der Waals surface area contributed by atoms with Crippen molar-refractivity contribution in [1.82, 2.24) is 50.8 Å². The minimum absolute atomic E-state index is 0.0104. The van der Waals surface area contributed by atoms with Crippen LogP contribution in [0.2, 0.25) is 0 Å². The first-order valence-electron chi connectivity index (χ1n) is 43.7. The van der Waals surface area contributed by atoms with Crippen LogP contribution in [0.4, 0.5) is 19.2 Å². The van der Waals surface area contributed by atoms with E-state index in [2.05, 4.69) is 163 Å². The number of carbonyl (C=O) groups is 10. The van der Waals surface area contributed by atoms with Gasteiger partial charge in [-0.2, -0.15) is 0 Å². The number of nitrogens with zero attached hydrogens (tertiary/aromatic N) is 8. The molecule has 0 aliphatic carbocycles. The fraction of sp³-hybridized carbons (Fsp3) is 0.474. The molecular weight excluding hydrogens is 1860 g/mol. The second-order valence-electron chi connectivity index (χ2n) is 35.8. The zero-order valence-corrected chi connectivity index (χ0v) is 80.9. The summed E-state index contributed by atoms with van der Waals surface area (Å²) in [4.78, 5) is 153. The van der Waals surface area contributed by atoms with Crippen molar-refractivity contribution in [2.45, 2.75) is 200 Å². The molecule has 35 heteroatoms. The summed E-state index contributed by atoms with van der Waals surface area (Å²) < 4.78 is 46.1. The van der Waals surface area contributed by atoms with Crippen LogP contribution in [0.15, 0.2) is 162 Å². The highest BCUT2D eigenvalue weighted by atomic mass is 79.9. The van der Waals surface area contributed by atoms with Gasteiger partial charge in [0, 0.05) is 99.8 Å². The monoisotopic (exact) mass is 1970 g/mol. The number of rotatable bonds is 21. The summed E-state index contributed by atoms with van der Waals surface area (Å²) in [5.74, 6) is -1.49. The van der Waals surface area contributed by atoms with Crippen molar-refractivity contribution in [3.63, 3.8) is 0 Å². The van der Waals surface area contributed by atoms with Crippen LogP contribution >= 0.6 is 47.8 Å². The van der Waals surface area contributed by atoms with Crippen LogP contribution in [0.25, 0.3) is 38.7 Å². The molecule has 1 aromatic heterocycles. The number of aromatic nitrogens is 2. The average molecular weight is 1980 g/mol. The highest BCUT2D eigenvalue weighted by Gasteiger charge is 2.55. The van der Waals surface area contributed by atoms with Crippen LogP contribution in [0.5, 0.6) is 0 Å². The molecule has 8 atom stereocenters. The summed E-state index contributed by atoms with van der Waals surface area (Å²) in [6, 6.07) is 32.4. The minimum Gasteiger partial charge on any atom is -0.453 e. The Morgan fingerprint density at radius 1 is 0.469 bits per heavy atom. The van der Waals surface area contributed by atoms with Crippen molar-refractivity contribution in [2.24, 2.45) is 38.6 Å². The number of H-pyrrole nitrogens is 1. The van der Waals surface area contributed by atoms with Gasteiger partial charge in [-0.3, -0.25) is 43.7 Å². The van der Waals surface area contributed by atoms with Gasteiger partial charge < -0.3 is 83.6 Å². The van der Waals surface area contributed by atoms with Gasteiger partial charge in [-0.15, -0.1) is 0 Å². The quantitative estimate of drug-likeness (QED) is 0.0330. The second-order valence-corrected chi connectivity index (χ2v) is 38.6. The molecule has 8 amide bonds. The molecule has 5 N–H and O–H groups in total. The first-order chi connectivity index (χ1) is 61.8. The number of benzene rings is 5. The molecule has 10 heterocycles. The van der Waals surface area contributed by atoms with E-state index in [1.54, 1.807) is 27.1 Å². The van der Waals surface area contributed by atoms with Crippen molar-refractivity contribution in [3.8, 4) is 11.3 Å². The Morgan fingerprint density at radius 2 is 0.831 bits per heavy atom. The lowest BCUT2D eigenvalue weighted by atomic mass is 9.78. The lowest BCUT2D eigenvalue weighted by molar-refractivity contribution is -0.153. The Labute approximate surface area is 783 Å². The van der Waals surface area contributed by atoms with Crippen LogP contribution in [-0.4, -0.2) is 241 Å². The van der Waals surface area contributed by atoms with Gasteiger partial charge in [0.15, 0.2) is 17.4 Å². The number of carbonyl (C=O) groups excluding carboxylic acids is 10. The molecule has 15 rings (SSSR count). The number of imidazole rings is 1. The van der Waals surface area contributed by atoms with Gasteiger partial charge in [0.1, 0.15) is 30.0 Å². The van der Waals surface area contributed by atoms with Crippen molar-refractivity contribution in [1.29, 1.82) is 0 Å². The summed E-state index contributed by atoms with van der Waals surface area (Å²) in [6.45, 7) is 25.2. The number of fused-ring (bicyclic) bond motifs is 1. The van der Waals surface area contributed by atoms with E-state index in [-0.39, 0.29) is 120 Å². The molecule has 0 saturated carbocycles. The molecule has 0 bridgehead atoms. The van der Waals surface area contributed by atoms with Crippen molar-refractivity contribution >= 4 is 165 Å². The predicted octanol–water partition coefficient (Wildman–Crippen LogP) is 14.3. The number of methoxy groups -OCH3 is 4. The van der Waals surface area contributed by atoms with Crippen molar-refractivity contribution in [2.75, 3.05) is 67.8 Å². The maximum Gasteiger partial charge on any atom is 0.494 e. The first kappa shape index (κ1) is 98.5. The Kier molecular flexibility index (Phi) is 32.4. The largest absolute Gasteiger partial charge is 0.494 e. The van der Waals surface area contributed by atoms with E-state index in [9.17, 15) is 47.9 Å². The number of ketones is 2. The van der Waals surface area contributed by atoms with Crippen LogP contribution in [0.3, 0.4) is 0 Å². The van der Waals surface area contributed by atoms with Gasteiger partial charge in [-0.1, -0.05) is 170 Å². The molecule has 0 unspecified atom stereocenters. The number of alkyl carbamates (subject to hydrolysis) is 4. The Morgan fingerprint density at radius 3 is 1.22 bits per heavy atom. The zero-order chi connectivity index (χ0) is 94.0. The Hall–Kier alpha value is -10.6. The minimum atomic E-state index is -0.823. The number of aromatic amines is 1. The third-order valence-corrected chi connectivity index (χ3v) is 26.6.